The van der Waals surface area contributed by atoms with Crippen LogP contribution in [0.15, 0.2) is 29.4 Å². The third-order valence-electron chi connectivity index (χ3n) is 2.61. The highest BCUT2D eigenvalue weighted by molar-refractivity contribution is 7.99. The molecule has 0 spiro atoms. The fraction of sp³-hybridized carbons (Fsp3) is 0.231. The number of carbonyl (C=O) groups excluding carboxylic acids is 1. The van der Waals surface area contributed by atoms with Crippen molar-refractivity contribution in [1.82, 2.24) is 20.3 Å². The van der Waals surface area contributed by atoms with E-state index in [1.165, 1.54) is 0 Å². The van der Waals surface area contributed by atoms with E-state index in [0.29, 0.717) is 23.1 Å². The van der Waals surface area contributed by atoms with Gasteiger partial charge in [0.25, 0.3) is 0 Å². The number of nitrogens with two attached hydrogens (primary N) is 2. The van der Waals surface area contributed by atoms with Crippen molar-refractivity contribution in [2.45, 2.75) is 11.6 Å². The molecule has 0 atom stereocenters. The Morgan fingerprint density at radius 1 is 1.23 bits per heavy atom. The van der Waals surface area contributed by atoms with E-state index in [0.717, 1.165) is 17.3 Å². The monoisotopic (exact) mass is 338 g/mol. The molecule has 2 aromatic rings. The highest BCUT2D eigenvalue weighted by Crippen LogP contribution is 2.14. The first-order chi connectivity index (χ1) is 10.5. The largest absolute Gasteiger partial charge is 0.368 e. The molecular weight excluding hydrogens is 324 g/mol. The van der Waals surface area contributed by atoms with Gasteiger partial charge in [-0.2, -0.15) is 15.0 Å². The molecule has 1 amide bonds. The Morgan fingerprint density at radius 3 is 2.64 bits per heavy atom. The number of nitrogens with zero attached hydrogens (tertiary/aromatic N) is 3. The smallest absolute Gasteiger partial charge is 0.230 e. The second-order valence-electron chi connectivity index (χ2n) is 4.35. The van der Waals surface area contributed by atoms with E-state index in [4.69, 9.17) is 23.1 Å². The van der Waals surface area contributed by atoms with Crippen molar-refractivity contribution in [3.8, 4) is 0 Å². The fourth-order valence-corrected chi connectivity index (χ4v) is 2.56. The van der Waals surface area contributed by atoms with Gasteiger partial charge in [-0.05, 0) is 24.1 Å². The van der Waals surface area contributed by atoms with Crippen LogP contribution in [0.4, 0.5) is 11.9 Å². The van der Waals surface area contributed by atoms with Crippen LogP contribution in [-0.2, 0) is 11.2 Å². The van der Waals surface area contributed by atoms with Gasteiger partial charge < -0.3 is 16.8 Å². The molecule has 116 valence electrons. The van der Waals surface area contributed by atoms with Gasteiger partial charge in [-0.1, -0.05) is 35.5 Å². The molecule has 9 heteroatoms. The van der Waals surface area contributed by atoms with Crippen LogP contribution in [0.5, 0.6) is 0 Å². The Morgan fingerprint density at radius 2 is 1.95 bits per heavy atom. The molecule has 2 rings (SSSR count). The molecule has 5 N–H and O–H groups in total. The predicted octanol–water partition coefficient (Wildman–Crippen LogP) is 1.14. The van der Waals surface area contributed by atoms with Crippen molar-refractivity contribution < 1.29 is 4.79 Å². The van der Waals surface area contributed by atoms with Crippen LogP contribution in [-0.4, -0.2) is 33.2 Å². The van der Waals surface area contributed by atoms with Gasteiger partial charge >= 0.3 is 0 Å². The summed E-state index contributed by atoms with van der Waals surface area (Å²) in [6.07, 6.45) is 0.711. The Bertz CT molecular complexity index is 648. The van der Waals surface area contributed by atoms with E-state index in [-0.39, 0.29) is 23.6 Å². The van der Waals surface area contributed by atoms with Gasteiger partial charge in [0.1, 0.15) is 0 Å². The molecule has 0 unspecified atom stereocenters. The summed E-state index contributed by atoms with van der Waals surface area (Å²) in [4.78, 5) is 23.2. The summed E-state index contributed by atoms with van der Waals surface area (Å²) in [7, 11) is 0. The number of anilines is 2. The quantitative estimate of drug-likeness (QED) is 0.675. The average Bonchev–Trinajstić information content (AvgIpc) is 2.44. The van der Waals surface area contributed by atoms with Gasteiger partial charge in [-0.25, -0.2) is 0 Å². The number of thioether (sulfide) groups is 1. The molecule has 0 fully saturated rings. The molecule has 0 aliphatic carbocycles. The third kappa shape index (κ3) is 5.38. The van der Waals surface area contributed by atoms with E-state index in [1.54, 1.807) is 0 Å². The SMILES string of the molecule is Nc1nc(N)nc(SCC(=O)NCCc2cccc(Cl)c2)n1. The lowest BCUT2D eigenvalue weighted by atomic mass is 10.1. The zero-order valence-electron chi connectivity index (χ0n) is 11.6. The zero-order chi connectivity index (χ0) is 15.9. The highest BCUT2D eigenvalue weighted by atomic mass is 35.5. The molecule has 1 aromatic heterocycles. The Labute approximate surface area is 136 Å². The Hall–Kier alpha value is -2.06. The van der Waals surface area contributed by atoms with Crippen molar-refractivity contribution in [3.63, 3.8) is 0 Å². The number of nitrogens with one attached hydrogen (secondary N) is 1. The van der Waals surface area contributed by atoms with Gasteiger partial charge in [0.2, 0.25) is 17.8 Å². The summed E-state index contributed by atoms with van der Waals surface area (Å²) < 4.78 is 0. The maximum Gasteiger partial charge on any atom is 0.230 e. The lowest BCUT2D eigenvalue weighted by Crippen LogP contribution is -2.27. The number of carbonyl (C=O) groups is 1. The molecular formula is C13H15ClN6OS. The molecule has 0 radical (unpaired) electrons. The zero-order valence-corrected chi connectivity index (χ0v) is 13.2. The first kappa shape index (κ1) is 16.3. The van der Waals surface area contributed by atoms with E-state index in [1.807, 2.05) is 24.3 Å². The van der Waals surface area contributed by atoms with Crippen LogP contribution in [0.3, 0.4) is 0 Å². The standard InChI is InChI=1S/C13H15ClN6OS/c14-9-3-1-2-8(6-9)4-5-17-10(21)7-22-13-19-11(15)18-12(16)20-13/h1-3,6H,4-5,7H2,(H,17,21)(H4,15,16,18,19,20). The van der Waals surface area contributed by atoms with Crippen molar-refractivity contribution in [1.29, 1.82) is 0 Å². The molecule has 0 saturated carbocycles. The van der Waals surface area contributed by atoms with Crippen LogP contribution in [0.1, 0.15) is 5.56 Å². The van der Waals surface area contributed by atoms with Crippen molar-refractivity contribution in [3.05, 3.63) is 34.9 Å². The number of rotatable bonds is 6. The number of amides is 1. The second kappa shape index (κ2) is 7.81. The minimum absolute atomic E-state index is 0.0383. The summed E-state index contributed by atoms with van der Waals surface area (Å²) in [5, 5.41) is 3.83. The minimum atomic E-state index is -0.121. The molecule has 0 aliphatic rings. The summed E-state index contributed by atoms with van der Waals surface area (Å²) in [5.41, 5.74) is 12.0. The number of halogens is 1. The summed E-state index contributed by atoms with van der Waals surface area (Å²) in [5.74, 6) is 0.135. The fourth-order valence-electron chi connectivity index (χ4n) is 1.67. The van der Waals surface area contributed by atoms with Crippen molar-refractivity contribution in [2.24, 2.45) is 0 Å². The van der Waals surface area contributed by atoms with E-state index in [9.17, 15) is 4.79 Å². The summed E-state index contributed by atoms with van der Waals surface area (Å²) in [6.45, 7) is 0.529. The molecule has 22 heavy (non-hydrogen) atoms. The number of hydrogen-bond acceptors (Lipinski definition) is 7. The van der Waals surface area contributed by atoms with Crippen LogP contribution in [0.25, 0.3) is 0 Å². The first-order valence-corrected chi connectivity index (χ1v) is 7.80. The summed E-state index contributed by atoms with van der Waals surface area (Å²) in [6, 6.07) is 7.53. The highest BCUT2D eigenvalue weighted by Gasteiger charge is 2.07. The maximum absolute atomic E-state index is 11.8. The number of hydrogen-bond donors (Lipinski definition) is 3. The molecule has 7 nitrogen and oxygen atoms in total. The normalized spacial score (nSPS) is 10.4. The lowest BCUT2D eigenvalue weighted by Gasteiger charge is -2.05. The Balaban J connectivity index is 1.74. The van der Waals surface area contributed by atoms with Gasteiger partial charge in [0, 0.05) is 11.6 Å². The van der Waals surface area contributed by atoms with Gasteiger partial charge in [-0.3, -0.25) is 4.79 Å². The number of aromatic nitrogens is 3. The molecule has 1 heterocycles. The van der Waals surface area contributed by atoms with Gasteiger partial charge in [0.05, 0.1) is 5.75 Å². The van der Waals surface area contributed by atoms with Crippen LogP contribution < -0.4 is 16.8 Å². The van der Waals surface area contributed by atoms with Crippen molar-refractivity contribution in [2.75, 3.05) is 23.8 Å². The second-order valence-corrected chi connectivity index (χ2v) is 5.73. The first-order valence-electron chi connectivity index (χ1n) is 6.44. The molecule has 1 aromatic carbocycles. The molecule has 0 saturated heterocycles. The molecule has 0 aliphatic heterocycles. The third-order valence-corrected chi connectivity index (χ3v) is 3.69. The van der Waals surface area contributed by atoms with E-state index < -0.39 is 0 Å². The summed E-state index contributed by atoms with van der Waals surface area (Å²) >= 11 is 7.05. The van der Waals surface area contributed by atoms with E-state index in [2.05, 4.69) is 20.3 Å². The predicted molar refractivity (Wildman–Crippen MR) is 87.5 cm³/mol. The van der Waals surface area contributed by atoms with Crippen molar-refractivity contribution >= 4 is 41.2 Å². The van der Waals surface area contributed by atoms with Crippen LogP contribution >= 0.6 is 23.4 Å². The van der Waals surface area contributed by atoms with E-state index >= 15 is 0 Å². The van der Waals surface area contributed by atoms with Gasteiger partial charge in [0.15, 0.2) is 5.16 Å². The number of benzene rings is 1. The van der Waals surface area contributed by atoms with Crippen LogP contribution in [0.2, 0.25) is 5.02 Å². The van der Waals surface area contributed by atoms with Gasteiger partial charge in [-0.15, -0.1) is 0 Å². The molecule has 0 bridgehead atoms. The Kier molecular flexibility index (Phi) is 5.79. The van der Waals surface area contributed by atoms with Crippen LogP contribution in [0, 0.1) is 0 Å². The maximum atomic E-state index is 11.8. The number of nitrogen functional groups attached to an aromatic ring is 2. The lowest BCUT2D eigenvalue weighted by molar-refractivity contribution is -0.118. The topological polar surface area (TPSA) is 120 Å². The minimum Gasteiger partial charge on any atom is -0.368 e. The average molecular weight is 339 g/mol.